The molecule has 0 radical (unpaired) electrons. The second-order valence-electron chi connectivity index (χ2n) is 4.16. The molecule has 86 valence electrons. The van der Waals surface area contributed by atoms with Gasteiger partial charge in [-0.2, -0.15) is 0 Å². The second kappa shape index (κ2) is 6.23. The van der Waals surface area contributed by atoms with Crippen molar-refractivity contribution in [3.8, 4) is 0 Å². The molecule has 0 aromatic rings. The van der Waals surface area contributed by atoms with Crippen molar-refractivity contribution >= 4 is 5.78 Å². The molecule has 2 heteroatoms. The van der Waals surface area contributed by atoms with Gasteiger partial charge in [-0.05, 0) is 26.8 Å². The molecule has 0 aromatic carbocycles. The standard InChI is InChI=1S/C14H19NO/c1-11-5-4-6-14(8-7-11)15-10-12(2)9-13(3)16/h4-9,14-15H,10H2,1-3H3/b12-9+. The van der Waals surface area contributed by atoms with E-state index in [-0.39, 0.29) is 11.8 Å². The van der Waals surface area contributed by atoms with E-state index in [9.17, 15) is 4.79 Å². The molecule has 0 heterocycles. The zero-order valence-electron chi connectivity index (χ0n) is 10.2. The van der Waals surface area contributed by atoms with Gasteiger partial charge in [-0.3, -0.25) is 4.79 Å². The lowest BCUT2D eigenvalue weighted by molar-refractivity contribution is -0.112. The van der Waals surface area contributed by atoms with E-state index in [0.717, 1.165) is 12.1 Å². The minimum absolute atomic E-state index is 0.101. The molecular weight excluding hydrogens is 198 g/mol. The average Bonchev–Trinajstić information content (AvgIpc) is 2.39. The molecule has 0 saturated carbocycles. The van der Waals surface area contributed by atoms with Crippen LogP contribution in [0.4, 0.5) is 0 Å². The van der Waals surface area contributed by atoms with Crippen LogP contribution in [-0.4, -0.2) is 18.4 Å². The predicted octanol–water partition coefficient (Wildman–Crippen LogP) is 2.55. The number of hydrogen-bond donors (Lipinski definition) is 1. The first-order valence-corrected chi connectivity index (χ1v) is 5.52. The molecule has 1 rings (SSSR count). The van der Waals surface area contributed by atoms with Crippen LogP contribution in [0.2, 0.25) is 0 Å². The molecule has 0 saturated heterocycles. The highest BCUT2D eigenvalue weighted by Gasteiger charge is 2.01. The maximum absolute atomic E-state index is 10.9. The summed E-state index contributed by atoms with van der Waals surface area (Å²) in [7, 11) is 0. The van der Waals surface area contributed by atoms with Gasteiger partial charge in [-0.15, -0.1) is 0 Å². The minimum Gasteiger partial charge on any atom is -0.303 e. The fourth-order valence-corrected chi connectivity index (χ4v) is 1.52. The Morgan fingerprint density at radius 3 is 2.88 bits per heavy atom. The number of nitrogens with one attached hydrogen (secondary N) is 1. The van der Waals surface area contributed by atoms with E-state index in [2.05, 4.69) is 42.6 Å². The number of hydrogen-bond acceptors (Lipinski definition) is 2. The number of carbonyl (C=O) groups is 1. The quantitative estimate of drug-likeness (QED) is 0.733. The predicted molar refractivity (Wildman–Crippen MR) is 68.3 cm³/mol. The van der Waals surface area contributed by atoms with Crippen LogP contribution in [0.1, 0.15) is 20.8 Å². The van der Waals surface area contributed by atoms with E-state index in [1.54, 1.807) is 13.0 Å². The van der Waals surface area contributed by atoms with Crippen LogP contribution in [-0.2, 0) is 4.79 Å². The summed E-state index contributed by atoms with van der Waals surface area (Å²) in [6, 6.07) is 0.240. The van der Waals surface area contributed by atoms with Crippen molar-refractivity contribution in [1.82, 2.24) is 5.32 Å². The van der Waals surface area contributed by atoms with E-state index in [1.165, 1.54) is 5.57 Å². The Balaban J connectivity index is 2.46. The van der Waals surface area contributed by atoms with Crippen LogP contribution < -0.4 is 5.32 Å². The molecule has 1 N–H and O–H groups in total. The largest absolute Gasteiger partial charge is 0.303 e. The Bertz CT molecular complexity index is 372. The fraction of sp³-hybridized carbons (Fsp3) is 0.357. The third kappa shape index (κ3) is 4.89. The number of carbonyl (C=O) groups excluding carboxylic acids is 1. The lowest BCUT2D eigenvalue weighted by atomic mass is 10.2. The van der Waals surface area contributed by atoms with Gasteiger partial charge in [0.15, 0.2) is 5.78 Å². The zero-order valence-corrected chi connectivity index (χ0v) is 10.2. The summed E-state index contributed by atoms with van der Waals surface area (Å²) in [6.45, 7) is 6.34. The van der Waals surface area contributed by atoms with Crippen LogP contribution in [0.5, 0.6) is 0 Å². The number of ketones is 1. The van der Waals surface area contributed by atoms with Crippen LogP contribution in [0.3, 0.4) is 0 Å². The van der Waals surface area contributed by atoms with Crippen LogP contribution in [0.25, 0.3) is 0 Å². The van der Waals surface area contributed by atoms with Crippen LogP contribution in [0, 0.1) is 0 Å². The highest BCUT2D eigenvalue weighted by molar-refractivity contribution is 5.87. The fourth-order valence-electron chi connectivity index (χ4n) is 1.52. The highest BCUT2D eigenvalue weighted by Crippen LogP contribution is 2.04. The van der Waals surface area contributed by atoms with Gasteiger partial charge in [0.25, 0.3) is 0 Å². The Labute approximate surface area is 97.4 Å². The van der Waals surface area contributed by atoms with Gasteiger partial charge in [-0.25, -0.2) is 0 Å². The first kappa shape index (κ1) is 12.7. The molecule has 1 unspecified atom stereocenters. The van der Waals surface area contributed by atoms with E-state index < -0.39 is 0 Å². The molecule has 0 fully saturated rings. The molecule has 0 aliphatic heterocycles. The molecule has 16 heavy (non-hydrogen) atoms. The van der Waals surface area contributed by atoms with Gasteiger partial charge in [0.1, 0.15) is 0 Å². The van der Waals surface area contributed by atoms with Crippen molar-refractivity contribution in [2.75, 3.05) is 6.54 Å². The minimum atomic E-state index is 0.101. The van der Waals surface area contributed by atoms with E-state index in [1.807, 2.05) is 6.92 Å². The van der Waals surface area contributed by atoms with Gasteiger partial charge in [0.05, 0.1) is 0 Å². The molecule has 1 atom stereocenters. The Kier molecular flexibility index (Phi) is 4.93. The van der Waals surface area contributed by atoms with E-state index in [4.69, 9.17) is 0 Å². The summed E-state index contributed by atoms with van der Waals surface area (Å²) in [5, 5.41) is 3.36. The number of allylic oxidation sites excluding steroid dienone is 5. The van der Waals surface area contributed by atoms with Crippen molar-refractivity contribution in [2.24, 2.45) is 0 Å². The molecule has 0 bridgehead atoms. The summed E-state index contributed by atoms with van der Waals surface area (Å²) >= 11 is 0. The molecule has 1 aliphatic rings. The SMILES string of the molecule is CC(=O)/C=C(\C)CNC1C=CC=C(C)C=C1. The van der Waals surface area contributed by atoms with E-state index in [0.29, 0.717) is 0 Å². The van der Waals surface area contributed by atoms with Crippen LogP contribution in [0.15, 0.2) is 47.6 Å². The molecule has 1 aliphatic carbocycles. The lowest BCUT2D eigenvalue weighted by Crippen LogP contribution is -2.26. The highest BCUT2D eigenvalue weighted by atomic mass is 16.1. The molecule has 0 aromatic heterocycles. The van der Waals surface area contributed by atoms with Gasteiger partial charge < -0.3 is 5.32 Å². The summed E-state index contributed by atoms with van der Waals surface area (Å²) < 4.78 is 0. The Morgan fingerprint density at radius 1 is 1.44 bits per heavy atom. The molecule has 2 nitrogen and oxygen atoms in total. The summed E-state index contributed by atoms with van der Waals surface area (Å²) in [5.41, 5.74) is 2.31. The third-order valence-electron chi connectivity index (χ3n) is 2.31. The maximum Gasteiger partial charge on any atom is 0.152 e. The first-order valence-electron chi connectivity index (χ1n) is 5.52. The first-order chi connectivity index (χ1) is 7.58. The van der Waals surface area contributed by atoms with Crippen molar-refractivity contribution in [2.45, 2.75) is 26.8 Å². The van der Waals surface area contributed by atoms with Crippen molar-refractivity contribution in [3.05, 3.63) is 47.6 Å². The summed E-state index contributed by atoms with van der Waals surface area (Å²) in [6.07, 6.45) is 12.1. The van der Waals surface area contributed by atoms with Crippen LogP contribution >= 0.6 is 0 Å². The molecule has 0 spiro atoms. The third-order valence-corrected chi connectivity index (χ3v) is 2.31. The number of rotatable bonds is 4. The molecular formula is C14H19NO. The topological polar surface area (TPSA) is 29.1 Å². The average molecular weight is 217 g/mol. The van der Waals surface area contributed by atoms with Gasteiger partial charge in [-0.1, -0.05) is 41.5 Å². The summed E-state index contributed by atoms with van der Waals surface area (Å²) in [4.78, 5) is 10.9. The van der Waals surface area contributed by atoms with Crippen molar-refractivity contribution < 1.29 is 4.79 Å². The van der Waals surface area contributed by atoms with Crippen molar-refractivity contribution in [1.29, 1.82) is 0 Å². The van der Waals surface area contributed by atoms with Crippen molar-refractivity contribution in [3.63, 3.8) is 0 Å². The van der Waals surface area contributed by atoms with Gasteiger partial charge >= 0.3 is 0 Å². The lowest BCUT2D eigenvalue weighted by Gasteiger charge is -2.10. The monoisotopic (exact) mass is 217 g/mol. The smallest absolute Gasteiger partial charge is 0.152 e. The Hall–Kier alpha value is -1.41. The van der Waals surface area contributed by atoms with E-state index >= 15 is 0 Å². The van der Waals surface area contributed by atoms with Gasteiger partial charge in [0.2, 0.25) is 0 Å². The Morgan fingerprint density at radius 2 is 2.19 bits per heavy atom. The zero-order chi connectivity index (χ0) is 12.0. The normalized spacial score (nSPS) is 20.6. The van der Waals surface area contributed by atoms with Gasteiger partial charge in [0, 0.05) is 12.6 Å². The second-order valence-corrected chi connectivity index (χ2v) is 4.16. The summed E-state index contributed by atoms with van der Waals surface area (Å²) in [5.74, 6) is 0.101. The molecule has 0 amide bonds. The maximum atomic E-state index is 10.9.